The Hall–Kier alpha value is -1.13. The molecule has 0 radical (unpaired) electrons. The monoisotopic (exact) mass is 221 g/mol. The summed E-state index contributed by atoms with van der Waals surface area (Å²) >= 11 is 0. The van der Waals surface area contributed by atoms with Crippen molar-refractivity contribution in [3.8, 4) is 0 Å². The van der Waals surface area contributed by atoms with Gasteiger partial charge in [-0.25, -0.2) is 0 Å². The van der Waals surface area contributed by atoms with Gasteiger partial charge in [-0.1, -0.05) is 6.92 Å². The normalized spacial score (nSPS) is 21.1. The molecule has 4 heteroatoms. The Morgan fingerprint density at radius 3 is 3.25 bits per heavy atom. The molecule has 1 fully saturated rings. The van der Waals surface area contributed by atoms with Crippen LogP contribution >= 0.6 is 0 Å². The summed E-state index contributed by atoms with van der Waals surface area (Å²) < 4.78 is 5.50. The number of morpholine rings is 1. The molecule has 1 unspecified atom stereocenters. The van der Waals surface area contributed by atoms with E-state index in [0.717, 1.165) is 31.7 Å². The lowest BCUT2D eigenvalue weighted by Gasteiger charge is -2.37. The van der Waals surface area contributed by atoms with Crippen LogP contribution in [-0.2, 0) is 11.3 Å². The Balaban J connectivity index is 2.26. The molecule has 0 aliphatic carbocycles. The van der Waals surface area contributed by atoms with E-state index < -0.39 is 0 Å². The van der Waals surface area contributed by atoms with Crippen molar-refractivity contribution in [3.63, 3.8) is 0 Å². The first-order valence-electron chi connectivity index (χ1n) is 5.84. The zero-order chi connectivity index (χ0) is 11.4. The van der Waals surface area contributed by atoms with E-state index in [1.165, 1.54) is 5.69 Å². The maximum Gasteiger partial charge on any atom is 0.0670 e. The van der Waals surface area contributed by atoms with E-state index in [0.29, 0.717) is 12.6 Å². The van der Waals surface area contributed by atoms with Gasteiger partial charge >= 0.3 is 0 Å². The molecule has 2 heterocycles. The van der Waals surface area contributed by atoms with Gasteiger partial charge in [0.25, 0.3) is 0 Å². The summed E-state index contributed by atoms with van der Waals surface area (Å²) in [6.45, 7) is 5.26. The van der Waals surface area contributed by atoms with Gasteiger partial charge in [0.1, 0.15) is 0 Å². The van der Waals surface area contributed by atoms with Gasteiger partial charge in [-0.3, -0.25) is 4.98 Å². The minimum absolute atomic E-state index is 0.447. The maximum atomic E-state index is 5.76. The van der Waals surface area contributed by atoms with Gasteiger partial charge < -0.3 is 15.4 Å². The number of ether oxygens (including phenoxy) is 1. The van der Waals surface area contributed by atoms with E-state index in [1.807, 2.05) is 12.3 Å². The summed E-state index contributed by atoms with van der Waals surface area (Å²) in [4.78, 5) is 6.57. The van der Waals surface area contributed by atoms with Crippen molar-refractivity contribution in [1.82, 2.24) is 4.98 Å². The number of pyridine rings is 1. The lowest BCUT2D eigenvalue weighted by atomic mass is 10.1. The highest BCUT2D eigenvalue weighted by atomic mass is 16.5. The molecule has 4 nitrogen and oxygen atoms in total. The molecule has 0 bridgehead atoms. The van der Waals surface area contributed by atoms with Gasteiger partial charge in [0.15, 0.2) is 0 Å². The van der Waals surface area contributed by atoms with Crippen molar-refractivity contribution in [1.29, 1.82) is 0 Å². The molecule has 0 saturated carbocycles. The highest BCUT2D eigenvalue weighted by molar-refractivity contribution is 5.52. The molecule has 1 saturated heterocycles. The summed E-state index contributed by atoms with van der Waals surface area (Å²) in [6.07, 6.45) is 4.79. The standard InChI is InChI=1S/C12H19N3O/c1-2-11-9-16-6-5-15(11)12-8-14-4-3-10(12)7-13/h3-4,8,11H,2,5-7,9,13H2,1H3. The van der Waals surface area contributed by atoms with Crippen molar-refractivity contribution >= 4 is 5.69 Å². The molecule has 2 rings (SSSR count). The van der Waals surface area contributed by atoms with E-state index in [9.17, 15) is 0 Å². The van der Waals surface area contributed by atoms with E-state index in [2.05, 4.69) is 16.8 Å². The molecular formula is C12H19N3O. The number of hydrogen-bond acceptors (Lipinski definition) is 4. The first-order chi connectivity index (χ1) is 7.86. The summed E-state index contributed by atoms with van der Waals surface area (Å²) in [6, 6.07) is 2.44. The lowest BCUT2D eigenvalue weighted by molar-refractivity contribution is 0.0929. The minimum Gasteiger partial charge on any atom is -0.377 e. The van der Waals surface area contributed by atoms with Crippen LogP contribution in [0.1, 0.15) is 18.9 Å². The smallest absolute Gasteiger partial charge is 0.0670 e. The predicted octanol–water partition coefficient (Wildman–Crippen LogP) is 1.16. The molecule has 88 valence electrons. The van der Waals surface area contributed by atoms with Crippen LogP contribution in [0.5, 0.6) is 0 Å². The SMILES string of the molecule is CCC1COCCN1c1cnccc1CN. The second-order valence-corrected chi connectivity index (χ2v) is 4.04. The number of anilines is 1. The van der Waals surface area contributed by atoms with Crippen LogP contribution in [0.3, 0.4) is 0 Å². The molecule has 2 N–H and O–H groups in total. The minimum atomic E-state index is 0.447. The van der Waals surface area contributed by atoms with Crippen molar-refractivity contribution in [2.75, 3.05) is 24.7 Å². The van der Waals surface area contributed by atoms with Gasteiger partial charge in [-0.05, 0) is 18.1 Å². The third kappa shape index (κ3) is 2.18. The van der Waals surface area contributed by atoms with Gasteiger partial charge in [-0.2, -0.15) is 0 Å². The molecule has 1 aliphatic heterocycles. The Morgan fingerprint density at radius 1 is 1.62 bits per heavy atom. The molecule has 1 aromatic heterocycles. The summed E-state index contributed by atoms with van der Waals surface area (Å²) in [5.74, 6) is 0. The topological polar surface area (TPSA) is 51.4 Å². The molecule has 1 aromatic rings. The molecular weight excluding hydrogens is 202 g/mol. The fourth-order valence-corrected chi connectivity index (χ4v) is 2.16. The Morgan fingerprint density at radius 2 is 2.50 bits per heavy atom. The molecule has 1 atom stereocenters. The number of hydrogen-bond donors (Lipinski definition) is 1. The fourth-order valence-electron chi connectivity index (χ4n) is 2.16. The van der Waals surface area contributed by atoms with Crippen LogP contribution in [0.25, 0.3) is 0 Å². The highest BCUT2D eigenvalue weighted by Crippen LogP contribution is 2.24. The zero-order valence-electron chi connectivity index (χ0n) is 9.72. The van der Waals surface area contributed by atoms with Crippen LogP contribution < -0.4 is 10.6 Å². The van der Waals surface area contributed by atoms with Crippen molar-refractivity contribution in [2.45, 2.75) is 25.9 Å². The molecule has 16 heavy (non-hydrogen) atoms. The Kier molecular flexibility index (Phi) is 3.74. The Bertz CT molecular complexity index is 343. The van der Waals surface area contributed by atoms with Crippen molar-refractivity contribution < 1.29 is 4.74 Å². The number of rotatable bonds is 3. The summed E-state index contributed by atoms with van der Waals surface area (Å²) in [7, 11) is 0. The van der Waals surface area contributed by atoms with Crippen LogP contribution in [0.4, 0.5) is 5.69 Å². The molecule has 0 amide bonds. The Labute approximate surface area is 96.4 Å². The van der Waals surface area contributed by atoms with Crippen LogP contribution in [0, 0.1) is 0 Å². The predicted molar refractivity (Wildman–Crippen MR) is 64.4 cm³/mol. The maximum absolute atomic E-state index is 5.76. The van der Waals surface area contributed by atoms with E-state index in [1.54, 1.807) is 6.20 Å². The van der Waals surface area contributed by atoms with E-state index in [-0.39, 0.29) is 0 Å². The number of nitrogens with two attached hydrogens (primary N) is 1. The lowest BCUT2D eigenvalue weighted by Crippen LogP contribution is -2.45. The van der Waals surface area contributed by atoms with E-state index >= 15 is 0 Å². The average Bonchev–Trinajstić information content (AvgIpc) is 2.38. The van der Waals surface area contributed by atoms with Crippen LogP contribution in [0.15, 0.2) is 18.5 Å². The van der Waals surface area contributed by atoms with E-state index in [4.69, 9.17) is 10.5 Å². The third-order valence-corrected chi connectivity index (χ3v) is 3.12. The first kappa shape index (κ1) is 11.4. The number of nitrogens with zero attached hydrogens (tertiary/aromatic N) is 2. The second kappa shape index (κ2) is 5.27. The molecule has 1 aliphatic rings. The van der Waals surface area contributed by atoms with Gasteiger partial charge in [-0.15, -0.1) is 0 Å². The van der Waals surface area contributed by atoms with Gasteiger partial charge in [0.2, 0.25) is 0 Å². The van der Waals surface area contributed by atoms with Crippen LogP contribution in [-0.4, -0.2) is 30.8 Å². The number of aromatic nitrogens is 1. The highest BCUT2D eigenvalue weighted by Gasteiger charge is 2.23. The van der Waals surface area contributed by atoms with Crippen molar-refractivity contribution in [2.24, 2.45) is 5.73 Å². The fraction of sp³-hybridized carbons (Fsp3) is 0.583. The van der Waals surface area contributed by atoms with Crippen molar-refractivity contribution in [3.05, 3.63) is 24.0 Å². The third-order valence-electron chi connectivity index (χ3n) is 3.12. The van der Waals surface area contributed by atoms with Crippen LogP contribution in [0.2, 0.25) is 0 Å². The zero-order valence-corrected chi connectivity index (χ0v) is 9.72. The average molecular weight is 221 g/mol. The van der Waals surface area contributed by atoms with Gasteiger partial charge in [0.05, 0.1) is 31.1 Å². The summed E-state index contributed by atoms with van der Waals surface area (Å²) in [5, 5.41) is 0. The second-order valence-electron chi connectivity index (χ2n) is 4.04. The van der Waals surface area contributed by atoms with Gasteiger partial charge in [0, 0.05) is 19.3 Å². The summed E-state index contributed by atoms with van der Waals surface area (Å²) in [5.41, 5.74) is 8.09. The quantitative estimate of drug-likeness (QED) is 0.832. The first-order valence-corrected chi connectivity index (χ1v) is 5.84. The largest absolute Gasteiger partial charge is 0.377 e. The molecule has 0 aromatic carbocycles. The molecule has 0 spiro atoms.